The molecule has 216 valence electrons. The number of allylic oxidation sites excluding steroid dienone is 1. The van der Waals surface area contributed by atoms with Crippen molar-refractivity contribution in [2.45, 2.75) is 33.7 Å². The maximum atomic E-state index is 14.0. The first-order valence-electron chi connectivity index (χ1n) is 13.5. The molecule has 0 saturated heterocycles. The van der Waals surface area contributed by atoms with Crippen molar-refractivity contribution in [1.29, 1.82) is 0 Å². The molecule has 2 aromatic heterocycles. The molecule has 0 N–H and O–H groups in total. The van der Waals surface area contributed by atoms with Crippen LogP contribution in [-0.4, -0.2) is 40.5 Å². The van der Waals surface area contributed by atoms with Crippen LogP contribution in [0.5, 0.6) is 5.75 Å². The summed E-state index contributed by atoms with van der Waals surface area (Å²) >= 11 is 1.20. The maximum Gasteiger partial charge on any atom is 0.273 e. The zero-order chi connectivity index (χ0) is 30.1. The van der Waals surface area contributed by atoms with Crippen LogP contribution < -0.4 is 19.6 Å². The summed E-state index contributed by atoms with van der Waals surface area (Å²) in [6.07, 6.45) is 1.63. The Morgan fingerprint density at radius 2 is 1.90 bits per heavy atom. The van der Waals surface area contributed by atoms with Crippen molar-refractivity contribution in [1.82, 2.24) is 9.47 Å². The molecule has 0 radical (unpaired) electrons. The minimum absolute atomic E-state index is 0.000493. The maximum absolute atomic E-state index is 14.0. The number of nitro groups is 1. The Labute approximate surface area is 245 Å². The number of nitro benzene ring substituents is 1. The van der Waals surface area contributed by atoms with Crippen molar-refractivity contribution >= 4 is 29.0 Å². The van der Waals surface area contributed by atoms with Gasteiger partial charge in [-0.25, -0.2) is 4.99 Å². The molecule has 1 amide bonds. The summed E-state index contributed by atoms with van der Waals surface area (Å²) in [6, 6.07) is 14.9. The molecule has 0 fully saturated rings. The molecule has 3 heterocycles. The van der Waals surface area contributed by atoms with Crippen LogP contribution in [-0.2, 0) is 4.79 Å². The molecule has 4 aromatic rings. The first-order chi connectivity index (χ1) is 20.2. The Balaban J connectivity index is 1.65. The van der Waals surface area contributed by atoms with Gasteiger partial charge in [0.1, 0.15) is 23.3 Å². The number of hydrogen-bond donors (Lipinski definition) is 0. The van der Waals surface area contributed by atoms with Gasteiger partial charge in [0, 0.05) is 41.9 Å². The number of amides is 1. The summed E-state index contributed by atoms with van der Waals surface area (Å²) in [5, 5.41) is 11.4. The number of nitrogens with zero attached hydrogens (tertiary/aromatic N) is 4. The Bertz CT molecular complexity index is 1910. The number of fused-ring (bicyclic) bond motifs is 1. The van der Waals surface area contributed by atoms with E-state index in [0.717, 1.165) is 0 Å². The van der Waals surface area contributed by atoms with E-state index in [1.54, 1.807) is 66.8 Å². The van der Waals surface area contributed by atoms with E-state index in [9.17, 15) is 19.7 Å². The Morgan fingerprint density at radius 3 is 2.60 bits per heavy atom. The van der Waals surface area contributed by atoms with Gasteiger partial charge >= 0.3 is 0 Å². The van der Waals surface area contributed by atoms with Gasteiger partial charge in [0.05, 0.1) is 27.8 Å². The number of furan rings is 1. The van der Waals surface area contributed by atoms with Crippen LogP contribution in [0, 0.1) is 17.0 Å². The topological polar surface area (TPSA) is 120 Å². The van der Waals surface area contributed by atoms with Crippen molar-refractivity contribution in [3.05, 3.63) is 113 Å². The van der Waals surface area contributed by atoms with Gasteiger partial charge in [0.2, 0.25) is 0 Å². The molecule has 2 aromatic carbocycles. The fourth-order valence-corrected chi connectivity index (χ4v) is 6.16. The second-order valence-corrected chi connectivity index (χ2v) is 10.8. The summed E-state index contributed by atoms with van der Waals surface area (Å²) in [5.41, 5.74) is 2.42. The molecule has 1 atom stereocenters. The average molecular weight is 587 g/mol. The smallest absolute Gasteiger partial charge is 0.273 e. The van der Waals surface area contributed by atoms with Crippen molar-refractivity contribution < 1.29 is 18.9 Å². The van der Waals surface area contributed by atoms with Gasteiger partial charge in [-0.3, -0.25) is 24.3 Å². The van der Waals surface area contributed by atoms with E-state index in [1.807, 2.05) is 32.0 Å². The van der Waals surface area contributed by atoms with Crippen molar-refractivity contribution in [2.75, 3.05) is 20.2 Å². The third-order valence-corrected chi connectivity index (χ3v) is 8.31. The molecule has 0 bridgehead atoms. The van der Waals surface area contributed by atoms with E-state index in [1.165, 1.54) is 17.4 Å². The lowest BCUT2D eigenvalue weighted by Gasteiger charge is -2.29. The number of hydrogen-bond acceptors (Lipinski definition) is 8. The molecule has 0 unspecified atom stereocenters. The second-order valence-electron chi connectivity index (χ2n) is 9.76. The number of likely N-dealkylation sites (N-methyl/N-ethyl adjacent to an activating group) is 1. The van der Waals surface area contributed by atoms with E-state index >= 15 is 0 Å². The van der Waals surface area contributed by atoms with E-state index in [4.69, 9.17) is 14.1 Å². The van der Waals surface area contributed by atoms with Crippen LogP contribution in [0.3, 0.4) is 0 Å². The number of carbonyl (C=O) groups excluding carboxylic acids is 1. The zero-order valence-corrected chi connectivity index (χ0v) is 24.7. The first kappa shape index (κ1) is 28.7. The molecule has 0 saturated carbocycles. The largest absolute Gasteiger partial charge is 0.496 e. The number of benzene rings is 2. The summed E-state index contributed by atoms with van der Waals surface area (Å²) < 4.78 is 13.6. The number of aromatic nitrogens is 1. The third-order valence-electron chi connectivity index (χ3n) is 7.33. The molecule has 1 aliphatic heterocycles. The lowest BCUT2D eigenvalue weighted by atomic mass is 9.94. The lowest BCUT2D eigenvalue weighted by Crippen LogP contribution is -2.43. The second kappa shape index (κ2) is 11.6. The Hall–Kier alpha value is -4.77. The fraction of sp³-hybridized carbons (Fsp3) is 0.258. The highest BCUT2D eigenvalue weighted by Gasteiger charge is 2.35. The van der Waals surface area contributed by atoms with E-state index in [2.05, 4.69) is 0 Å². The fourth-order valence-electron chi connectivity index (χ4n) is 5.14. The lowest BCUT2D eigenvalue weighted by molar-refractivity contribution is -0.385. The van der Waals surface area contributed by atoms with Gasteiger partial charge in [-0.15, -0.1) is 0 Å². The van der Waals surface area contributed by atoms with E-state index in [0.29, 0.717) is 67.7 Å². The number of aryl methyl sites for hydroxylation is 1. The standard InChI is InChI=1S/C31H30N4O6S/c1-6-33(7-2)30(37)27-19(4)32-31-34(28(27)22-10-8-9-11-25(22)40-5)29(36)26(42-31)17-21-14-15-24(41-21)20-13-12-18(3)23(16-20)35(38)39/h8-17,28H,6-7H2,1-5H3/b26-17+/t28-/m0/s1. The van der Waals surface area contributed by atoms with Crippen LogP contribution in [0.2, 0.25) is 0 Å². The molecule has 5 rings (SSSR count). The molecule has 1 aliphatic rings. The van der Waals surface area contributed by atoms with Gasteiger partial charge in [-0.1, -0.05) is 41.7 Å². The third kappa shape index (κ3) is 5.07. The van der Waals surface area contributed by atoms with E-state index < -0.39 is 11.0 Å². The highest BCUT2D eigenvalue weighted by Crippen LogP contribution is 2.36. The predicted molar refractivity (Wildman–Crippen MR) is 160 cm³/mol. The summed E-state index contributed by atoms with van der Waals surface area (Å²) in [6.45, 7) is 8.32. The molecule has 42 heavy (non-hydrogen) atoms. The average Bonchev–Trinajstić information content (AvgIpc) is 3.57. The predicted octanol–water partition coefficient (Wildman–Crippen LogP) is 4.59. The SMILES string of the molecule is CCN(CC)C(=O)C1=C(C)N=c2s/c(=C/c3ccc(-c4ccc(C)c([N+](=O)[O-])c4)o3)c(=O)n2[C@H]1c1ccccc1OC. The molecule has 0 aliphatic carbocycles. The monoisotopic (exact) mass is 586 g/mol. The molecule has 0 spiro atoms. The highest BCUT2D eigenvalue weighted by atomic mass is 32.1. The zero-order valence-electron chi connectivity index (χ0n) is 23.9. The van der Waals surface area contributed by atoms with Crippen LogP contribution in [0.25, 0.3) is 17.4 Å². The quantitative estimate of drug-likeness (QED) is 0.220. The number of carbonyl (C=O) groups is 1. The molecule has 11 heteroatoms. The summed E-state index contributed by atoms with van der Waals surface area (Å²) in [4.78, 5) is 45.6. The number of para-hydroxylation sites is 1. The number of ether oxygens (including phenoxy) is 1. The van der Waals surface area contributed by atoms with Crippen molar-refractivity contribution in [2.24, 2.45) is 4.99 Å². The molecule has 10 nitrogen and oxygen atoms in total. The van der Waals surface area contributed by atoms with Crippen LogP contribution in [0.4, 0.5) is 5.69 Å². The van der Waals surface area contributed by atoms with Gasteiger partial charge in [0.25, 0.3) is 17.2 Å². The summed E-state index contributed by atoms with van der Waals surface area (Å²) in [5.74, 6) is 1.21. The van der Waals surface area contributed by atoms with Crippen molar-refractivity contribution in [3.63, 3.8) is 0 Å². The minimum atomic E-state index is -0.743. The van der Waals surface area contributed by atoms with E-state index in [-0.39, 0.29) is 17.2 Å². The highest BCUT2D eigenvalue weighted by molar-refractivity contribution is 7.07. The number of thiazole rings is 1. The summed E-state index contributed by atoms with van der Waals surface area (Å²) in [7, 11) is 1.56. The van der Waals surface area contributed by atoms with Gasteiger partial charge in [-0.2, -0.15) is 0 Å². The number of methoxy groups -OCH3 is 1. The first-order valence-corrected chi connectivity index (χ1v) is 14.3. The normalized spacial score (nSPS) is 14.9. The van der Waals surface area contributed by atoms with Gasteiger partial charge in [-0.05, 0) is 45.9 Å². The van der Waals surface area contributed by atoms with Gasteiger partial charge < -0.3 is 14.1 Å². The molecular formula is C31H30N4O6S. The van der Waals surface area contributed by atoms with Crippen molar-refractivity contribution in [3.8, 4) is 17.1 Å². The van der Waals surface area contributed by atoms with Crippen LogP contribution in [0.1, 0.15) is 43.7 Å². The minimum Gasteiger partial charge on any atom is -0.496 e. The molecular weight excluding hydrogens is 556 g/mol. The van der Waals surface area contributed by atoms with Crippen LogP contribution in [0.15, 0.2) is 80.1 Å². The Kier molecular flexibility index (Phi) is 7.95. The van der Waals surface area contributed by atoms with Crippen LogP contribution >= 0.6 is 11.3 Å². The Morgan fingerprint density at radius 1 is 1.17 bits per heavy atom. The van der Waals surface area contributed by atoms with Gasteiger partial charge in [0.15, 0.2) is 4.80 Å². The number of rotatable bonds is 8.